The molecule has 5 rings (SSSR count). The van der Waals surface area contributed by atoms with Gasteiger partial charge in [-0.3, -0.25) is 9.69 Å². The largest absolute Gasteiger partial charge is 0.489 e. The fraction of sp³-hybridized carbons (Fsp3) is 0.378. The van der Waals surface area contributed by atoms with Gasteiger partial charge in [0.25, 0.3) is 0 Å². The van der Waals surface area contributed by atoms with Crippen molar-refractivity contribution in [2.24, 2.45) is 0 Å². The van der Waals surface area contributed by atoms with Crippen LogP contribution in [-0.2, 0) is 38.6 Å². The van der Waals surface area contributed by atoms with Crippen molar-refractivity contribution in [3.05, 3.63) is 131 Å². The second-order valence-corrected chi connectivity index (χ2v) is 15.7. The number of esters is 1. The van der Waals surface area contributed by atoms with Crippen molar-refractivity contribution in [3.8, 4) is 16.9 Å². The van der Waals surface area contributed by atoms with Crippen LogP contribution in [0.1, 0.15) is 82.3 Å². The molecule has 0 aromatic heterocycles. The molecule has 8 nitrogen and oxygen atoms in total. The Bertz CT molecular complexity index is 1910. The number of morpholine rings is 1. The fourth-order valence-electron chi connectivity index (χ4n) is 6.26. The van der Waals surface area contributed by atoms with Gasteiger partial charge in [0.1, 0.15) is 29.4 Å². The molecule has 0 bridgehead atoms. The number of carbonyl (C=O) groups excluding carboxylic acids is 2. The van der Waals surface area contributed by atoms with E-state index in [1.54, 1.807) is 45.9 Å². The molecule has 2 unspecified atom stereocenters. The van der Waals surface area contributed by atoms with Crippen LogP contribution in [0.3, 0.4) is 0 Å². The Kier molecular flexibility index (Phi) is 13.3. The summed E-state index contributed by atoms with van der Waals surface area (Å²) in [4.78, 5) is 27.6. The third-order valence-electron chi connectivity index (χ3n) is 8.61. The number of ether oxygens (including phenoxy) is 4. The number of nitrogens with zero attached hydrogens (tertiary/aromatic N) is 1. The summed E-state index contributed by atoms with van der Waals surface area (Å²) < 4.78 is 39.8. The highest BCUT2D eigenvalue weighted by molar-refractivity contribution is 5.74. The summed E-state index contributed by atoms with van der Waals surface area (Å²) in [7, 11) is 0. The number of rotatable bonds is 12. The van der Waals surface area contributed by atoms with Crippen LogP contribution < -0.4 is 10.1 Å². The van der Waals surface area contributed by atoms with Gasteiger partial charge in [0.2, 0.25) is 0 Å². The van der Waals surface area contributed by atoms with Crippen molar-refractivity contribution in [3.63, 3.8) is 0 Å². The maximum Gasteiger partial charge on any atom is 0.408 e. The number of halogens is 1. The molecule has 0 saturated carbocycles. The summed E-state index contributed by atoms with van der Waals surface area (Å²) in [6, 6.07) is 28.2. The quantitative estimate of drug-likeness (QED) is 0.145. The SMILES string of the molecule is CC(NC(=O)OC(C)(C)C)c1cccc(-c2cc(C=CC3CN(Cc4ccccc4)CCO3)cc(COc3ccccc3CC(=O)OC(C)(C)C)c2)c1F. The van der Waals surface area contributed by atoms with Gasteiger partial charge < -0.3 is 24.3 Å². The molecule has 9 heteroatoms. The average Bonchev–Trinajstić information content (AvgIpc) is 3.09. The third-order valence-corrected chi connectivity index (χ3v) is 8.61. The summed E-state index contributed by atoms with van der Waals surface area (Å²) in [5.74, 6) is -0.218. The van der Waals surface area contributed by atoms with Crippen molar-refractivity contribution in [2.75, 3.05) is 19.7 Å². The van der Waals surface area contributed by atoms with Gasteiger partial charge in [-0.15, -0.1) is 0 Å². The Labute approximate surface area is 319 Å². The van der Waals surface area contributed by atoms with E-state index >= 15 is 4.39 Å². The number of nitrogens with one attached hydrogen (secondary N) is 1. The molecule has 4 aromatic rings. The first-order valence-electron chi connectivity index (χ1n) is 18.5. The Hall–Kier alpha value is -4.99. The van der Waals surface area contributed by atoms with E-state index < -0.39 is 29.2 Å². The van der Waals surface area contributed by atoms with Gasteiger partial charge in [0.15, 0.2) is 0 Å². The van der Waals surface area contributed by atoms with Gasteiger partial charge in [-0.25, -0.2) is 9.18 Å². The van der Waals surface area contributed by atoms with E-state index in [1.165, 1.54) is 5.56 Å². The highest BCUT2D eigenvalue weighted by atomic mass is 19.1. The van der Waals surface area contributed by atoms with Gasteiger partial charge >= 0.3 is 12.1 Å². The van der Waals surface area contributed by atoms with Crippen LogP contribution in [0.2, 0.25) is 0 Å². The van der Waals surface area contributed by atoms with Crippen molar-refractivity contribution in [1.82, 2.24) is 10.2 Å². The summed E-state index contributed by atoms with van der Waals surface area (Å²) in [6.07, 6.45) is 3.39. The van der Waals surface area contributed by atoms with Crippen molar-refractivity contribution < 1.29 is 32.9 Å². The molecule has 286 valence electrons. The molecule has 1 fully saturated rings. The molecule has 0 spiro atoms. The monoisotopic (exact) mass is 736 g/mol. The second-order valence-electron chi connectivity index (χ2n) is 15.7. The van der Waals surface area contributed by atoms with E-state index in [1.807, 2.05) is 75.4 Å². The standard InChI is InChI=1S/C45H53FN2O6/c1-31(47-43(50)54-45(5,6)7)38-17-13-18-39(42(38)46)36-25-33(20-21-37-29-48(22-23-51-37)28-32-14-9-8-10-15-32)24-34(26-36)30-52-40-19-12-11-16-35(40)27-41(49)53-44(2,3)4/h8-21,24-26,31,37H,22-23,27-30H2,1-7H3,(H,47,50). The molecule has 1 heterocycles. The predicted molar refractivity (Wildman–Crippen MR) is 210 cm³/mol. The van der Waals surface area contributed by atoms with E-state index in [2.05, 4.69) is 40.6 Å². The van der Waals surface area contributed by atoms with Crippen molar-refractivity contribution >= 4 is 18.1 Å². The Morgan fingerprint density at radius 1 is 0.907 bits per heavy atom. The maximum atomic E-state index is 16.4. The lowest BCUT2D eigenvalue weighted by Gasteiger charge is -2.31. The molecular formula is C45H53FN2O6. The molecule has 1 amide bonds. The topological polar surface area (TPSA) is 86.3 Å². The minimum absolute atomic E-state index is 0.0671. The van der Waals surface area contributed by atoms with Gasteiger partial charge in [-0.2, -0.15) is 0 Å². The molecule has 1 saturated heterocycles. The number of benzene rings is 4. The predicted octanol–water partition coefficient (Wildman–Crippen LogP) is 9.46. The van der Waals surface area contributed by atoms with Crippen LogP contribution in [0.5, 0.6) is 5.75 Å². The minimum atomic E-state index is -0.685. The number of alkyl carbamates (subject to hydrolysis) is 1. The highest BCUT2D eigenvalue weighted by Gasteiger charge is 2.23. The molecule has 1 aliphatic heterocycles. The molecule has 54 heavy (non-hydrogen) atoms. The molecule has 2 atom stereocenters. The number of hydrogen-bond donors (Lipinski definition) is 1. The summed E-state index contributed by atoms with van der Waals surface area (Å²) in [6.45, 7) is 15.8. The smallest absolute Gasteiger partial charge is 0.408 e. The van der Waals surface area contributed by atoms with E-state index in [-0.39, 0.29) is 25.1 Å². The van der Waals surface area contributed by atoms with E-state index in [0.29, 0.717) is 34.6 Å². The van der Waals surface area contributed by atoms with Gasteiger partial charge in [-0.05, 0) is 95.0 Å². The number of amides is 1. The zero-order chi connectivity index (χ0) is 38.9. The first kappa shape index (κ1) is 40.2. The highest BCUT2D eigenvalue weighted by Crippen LogP contribution is 2.31. The average molecular weight is 737 g/mol. The molecule has 0 aliphatic carbocycles. The van der Waals surface area contributed by atoms with Crippen LogP contribution in [0.15, 0.2) is 97.1 Å². The van der Waals surface area contributed by atoms with Crippen molar-refractivity contribution in [1.29, 1.82) is 0 Å². The normalized spacial score (nSPS) is 15.8. The Morgan fingerprint density at radius 3 is 2.37 bits per heavy atom. The number of para-hydroxylation sites is 1. The van der Waals surface area contributed by atoms with E-state index in [9.17, 15) is 9.59 Å². The Morgan fingerprint density at radius 2 is 1.63 bits per heavy atom. The molecule has 4 aromatic carbocycles. The minimum Gasteiger partial charge on any atom is -0.489 e. The van der Waals surface area contributed by atoms with Crippen LogP contribution >= 0.6 is 0 Å². The molecular weight excluding hydrogens is 684 g/mol. The van der Waals surface area contributed by atoms with Crippen molar-refractivity contribution in [2.45, 2.75) is 91.4 Å². The number of hydrogen-bond acceptors (Lipinski definition) is 7. The molecule has 1 aliphatic rings. The van der Waals surface area contributed by atoms with Crippen LogP contribution in [0, 0.1) is 5.82 Å². The first-order valence-corrected chi connectivity index (χ1v) is 18.5. The van der Waals surface area contributed by atoms with Crippen LogP contribution in [0.4, 0.5) is 9.18 Å². The third kappa shape index (κ3) is 12.3. The lowest BCUT2D eigenvalue weighted by atomic mass is 9.95. The zero-order valence-electron chi connectivity index (χ0n) is 32.5. The second kappa shape index (κ2) is 17.9. The summed E-state index contributed by atoms with van der Waals surface area (Å²) >= 11 is 0. The first-order chi connectivity index (χ1) is 25.6. The van der Waals surface area contributed by atoms with Crippen LogP contribution in [0.25, 0.3) is 17.2 Å². The lowest BCUT2D eigenvalue weighted by molar-refractivity contribution is -0.153. The molecule has 0 radical (unpaired) electrons. The van der Waals surface area contributed by atoms with Gasteiger partial charge in [0.05, 0.1) is 25.2 Å². The number of carbonyl (C=O) groups is 2. The maximum absolute atomic E-state index is 16.4. The molecule has 1 N–H and O–H groups in total. The summed E-state index contributed by atoms with van der Waals surface area (Å²) in [5.41, 5.74) is 3.70. The fourth-order valence-corrected chi connectivity index (χ4v) is 6.26. The van der Waals surface area contributed by atoms with Crippen LogP contribution in [-0.4, -0.2) is 54.0 Å². The van der Waals surface area contributed by atoms with Gasteiger partial charge in [-0.1, -0.05) is 78.9 Å². The zero-order valence-corrected chi connectivity index (χ0v) is 32.5. The lowest BCUT2D eigenvalue weighted by Crippen LogP contribution is -2.41. The van der Waals surface area contributed by atoms with E-state index in [0.717, 1.165) is 30.8 Å². The van der Waals surface area contributed by atoms with E-state index in [4.69, 9.17) is 18.9 Å². The summed E-state index contributed by atoms with van der Waals surface area (Å²) in [5, 5.41) is 2.76. The van der Waals surface area contributed by atoms with Gasteiger partial charge in [0, 0.05) is 36.3 Å². The Balaban J connectivity index is 1.41.